The van der Waals surface area contributed by atoms with Crippen molar-refractivity contribution in [2.45, 2.75) is 0 Å². The van der Waals surface area contributed by atoms with Gasteiger partial charge in [-0.25, -0.2) is 15.0 Å². The topological polar surface area (TPSA) is 65.0 Å². The van der Waals surface area contributed by atoms with E-state index in [0.29, 0.717) is 17.5 Å². The molecule has 0 saturated heterocycles. The van der Waals surface area contributed by atoms with Gasteiger partial charge in [-0.05, 0) is 53.1 Å². The van der Waals surface area contributed by atoms with E-state index in [-0.39, 0.29) is 0 Å². The van der Waals surface area contributed by atoms with E-state index in [1.54, 1.807) is 0 Å². The molecule has 0 aliphatic rings. The van der Waals surface area contributed by atoms with E-state index >= 15 is 0 Å². The summed E-state index contributed by atoms with van der Waals surface area (Å²) in [6, 6.07) is 55.7. The number of benzene rings is 7. The summed E-state index contributed by atoms with van der Waals surface area (Å²) < 4.78 is 12.9. The van der Waals surface area contributed by atoms with Crippen LogP contribution >= 0.6 is 0 Å². The molecule has 3 heterocycles. The number of furan rings is 2. The van der Waals surface area contributed by atoms with Gasteiger partial charge in [0.1, 0.15) is 22.3 Å². The molecule has 10 rings (SSSR count). The van der Waals surface area contributed by atoms with Gasteiger partial charge < -0.3 is 8.83 Å². The van der Waals surface area contributed by atoms with Gasteiger partial charge >= 0.3 is 0 Å². The quantitative estimate of drug-likeness (QED) is 0.187. The van der Waals surface area contributed by atoms with Crippen molar-refractivity contribution in [3.05, 3.63) is 164 Å². The zero-order valence-electron chi connectivity index (χ0n) is 26.7. The van der Waals surface area contributed by atoms with Crippen LogP contribution in [0.25, 0.3) is 100 Å². The maximum absolute atomic E-state index is 6.69. The molecule has 0 saturated carbocycles. The standard InChI is InChI=1S/C45H27N3O2/c1-3-13-28(14-4-1)30-17-11-18-31(27-30)32-25-26-36(41-34-20-8-10-23-38(34)50-42(32)41)45-47-43(29-15-5-2-6-16-29)46-44(48-45)35-21-12-24-39-40(35)33-19-7-9-22-37(33)49-39/h1-27H. The highest BCUT2D eigenvalue weighted by Gasteiger charge is 2.22. The van der Waals surface area contributed by atoms with Crippen LogP contribution in [0, 0.1) is 0 Å². The van der Waals surface area contributed by atoms with Crippen LogP contribution in [0.1, 0.15) is 0 Å². The number of rotatable bonds is 5. The van der Waals surface area contributed by atoms with E-state index in [0.717, 1.165) is 77.3 Å². The third kappa shape index (κ3) is 4.60. The minimum absolute atomic E-state index is 0.569. The fourth-order valence-electron chi connectivity index (χ4n) is 7.03. The maximum Gasteiger partial charge on any atom is 0.164 e. The molecule has 0 amide bonds. The molecule has 0 spiro atoms. The Balaban J connectivity index is 1.24. The van der Waals surface area contributed by atoms with Crippen molar-refractivity contribution in [1.29, 1.82) is 0 Å². The van der Waals surface area contributed by atoms with Gasteiger partial charge in [0.05, 0.1) is 0 Å². The monoisotopic (exact) mass is 641 g/mol. The molecule has 0 fully saturated rings. The number of hydrogen-bond acceptors (Lipinski definition) is 5. The summed E-state index contributed by atoms with van der Waals surface area (Å²) in [6.07, 6.45) is 0. The number of para-hydroxylation sites is 2. The lowest BCUT2D eigenvalue weighted by molar-refractivity contribution is 0.669. The molecular weight excluding hydrogens is 615 g/mol. The summed E-state index contributed by atoms with van der Waals surface area (Å²) >= 11 is 0. The molecule has 0 aliphatic heterocycles. The Morgan fingerprint density at radius 2 is 0.840 bits per heavy atom. The lowest BCUT2D eigenvalue weighted by atomic mass is 9.95. The Labute approximate surface area is 287 Å². The Bertz CT molecular complexity index is 2870. The number of nitrogens with zero attached hydrogens (tertiary/aromatic N) is 3. The molecule has 3 aromatic heterocycles. The van der Waals surface area contributed by atoms with Crippen LogP contribution < -0.4 is 0 Å². The van der Waals surface area contributed by atoms with Crippen LogP contribution in [0.5, 0.6) is 0 Å². The molecule has 0 unspecified atom stereocenters. The van der Waals surface area contributed by atoms with E-state index in [2.05, 4.69) is 78.9 Å². The third-order valence-electron chi connectivity index (χ3n) is 9.36. The second kappa shape index (κ2) is 11.4. The Morgan fingerprint density at radius 1 is 0.320 bits per heavy atom. The number of aromatic nitrogens is 3. The molecule has 5 nitrogen and oxygen atoms in total. The van der Waals surface area contributed by atoms with Crippen molar-refractivity contribution in [2.75, 3.05) is 0 Å². The predicted octanol–water partition coefficient (Wildman–Crippen LogP) is 12.0. The summed E-state index contributed by atoms with van der Waals surface area (Å²) in [7, 11) is 0. The fraction of sp³-hybridized carbons (Fsp3) is 0. The highest BCUT2D eigenvalue weighted by Crippen LogP contribution is 2.43. The molecule has 0 atom stereocenters. The van der Waals surface area contributed by atoms with Crippen molar-refractivity contribution in [1.82, 2.24) is 15.0 Å². The first-order chi connectivity index (χ1) is 24.8. The molecule has 0 N–H and O–H groups in total. The first-order valence-corrected chi connectivity index (χ1v) is 16.6. The largest absolute Gasteiger partial charge is 0.456 e. The van der Waals surface area contributed by atoms with Gasteiger partial charge in [-0.2, -0.15) is 0 Å². The van der Waals surface area contributed by atoms with Crippen molar-refractivity contribution in [3.63, 3.8) is 0 Å². The van der Waals surface area contributed by atoms with Gasteiger partial charge in [0.15, 0.2) is 17.5 Å². The van der Waals surface area contributed by atoms with E-state index in [1.165, 1.54) is 5.56 Å². The predicted molar refractivity (Wildman–Crippen MR) is 202 cm³/mol. The van der Waals surface area contributed by atoms with Crippen molar-refractivity contribution in [2.24, 2.45) is 0 Å². The first kappa shape index (κ1) is 28.2. The van der Waals surface area contributed by atoms with Crippen LogP contribution in [0.15, 0.2) is 173 Å². The van der Waals surface area contributed by atoms with Gasteiger partial charge in [0.25, 0.3) is 0 Å². The molecule has 50 heavy (non-hydrogen) atoms. The van der Waals surface area contributed by atoms with Crippen molar-refractivity contribution in [3.8, 4) is 56.4 Å². The van der Waals surface area contributed by atoms with Gasteiger partial charge in [-0.3, -0.25) is 0 Å². The Hall–Kier alpha value is -6.85. The second-order valence-corrected chi connectivity index (χ2v) is 12.4. The lowest BCUT2D eigenvalue weighted by Gasteiger charge is -2.12. The zero-order chi connectivity index (χ0) is 33.0. The molecule has 5 heteroatoms. The maximum atomic E-state index is 6.69. The van der Waals surface area contributed by atoms with Crippen molar-refractivity contribution >= 4 is 43.9 Å². The average Bonchev–Trinajstić information content (AvgIpc) is 3.77. The smallest absolute Gasteiger partial charge is 0.164 e. The third-order valence-corrected chi connectivity index (χ3v) is 9.36. The number of hydrogen-bond donors (Lipinski definition) is 0. The SMILES string of the molecule is c1ccc(-c2cccc(-c3ccc(-c4nc(-c5ccccc5)nc(-c5cccc6oc7ccccc7c56)n4)c4c3oc3ccccc34)c2)cc1. The summed E-state index contributed by atoms with van der Waals surface area (Å²) in [5, 5.41) is 3.97. The molecule has 0 bridgehead atoms. The highest BCUT2D eigenvalue weighted by atomic mass is 16.3. The average molecular weight is 642 g/mol. The molecule has 10 aromatic rings. The molecule has 7 aromatic carbocycles. The summed E-state index contributed by atoms with van der Waals surface area (Å²) in [4.78, 5) is 15.4. The van der Waals surface area contributed by atoms with Gasteiger partial charge in [-0.1, -0.05) is 127 Å². The molecular formula is C45H27N3O2. The van der Waals surface area contributed by atoms with Crippen LogP contribution in [-0.2, 0) is 0 Å². The van der Waals surface area contributed by atoms with E-state index in [4.69, 9.17) is 23.8 Å². The zero-order valence-corrected chi connectivity index (χ0v) is 26.7. The molecule has 234 valence electrons. The van der Waals surface area contributed by atoms with Crippen molar-refractivity contribution < 1.29 is 8.83 Å². The van der Waals surface area contributed by atoms with Gasteiger partial charge in [0, 0.05) is 43.8 Å². The van der Waals surface area contributed by atoms with Crippen LogP contribution in [0.4, 0.5) is 0 Å². The second-order valence-electron chi connectivity index (χ2n) is 12.4. The molecule has 0 radical (unpaired) electrons. The van der Waals surface area contributed by atoms with Crippen LogP contribution in [0.3, 0.4) is 0 Å². The Kier molecular flexibility index (Phi) is 6.42. The van der Waals surface area contributed by atoms with E-state index in [9.17, 15) is 0 Å². The minimum atomic E-state index is 0.569. The van der Waals surface area contributed by atoms with Gasteiger partial charge in [0.2, 0.25) is 0 Å². The van der Waals surface area contributed by atoms with Crippen LogP contribution in [-0.4, -0.2) is 15.0 Å². The van der Waals surface area contributed by atoms with E-state index < -0.39 is 0 Å². The van der Waals surface area contributed by atoms with Crippen LogP contribution in [0.2, 0.25) is 0 Å². The van der Waals surface area contributed by atoms with Gasteiger partial charge in [-0.15, -0.1) is 0 Å². The summed E-state index contributed by atoms with van der Waals surface area (Å²) in [5.74, 6) is 1.74. The fourth-order valence-corrected chi connectivity index (χ4v) is 7.03. The minimum Gasteiger partial charge on any atom is -0.456 e. The number of fused-ring (bicyclic) bond motifs is 6. The lowest BCUT2D eigenvalue weighted by Crippen LogP contribution is -2.01. The summed E-state index contributed by atoms with van der Waals surface area (Å²) in [5.41, 5.74) is 10.3. The summed E-state index contributed by atoms with van der Waals surface area (Å²) in [6.45, 7) is 0. The van der Waals surface area contributed by atoms with E-state index in [1.807, 2.05) is 84.9 Å². The first-order valence-electron chi connectivity index (χ1n) is 16.6. The highest BCUT2D eigenvalue weighted by molar-refractivity contribution is 6.16. The Morgan fingerprint density at radius 3 is 1.60 bits per heavy atom. The molecule has 0 aliphatic carbocycles. The normalized spacial score (nSPS) is 11.6.